The molecule has 3 nitrogen and oxygen atoms in total. The number of benzene rings is 1. The Kier molecular flexibility index (Phi) is 4.10. The summed E-state index contributed by atoms with van der Waals surface area (Å²) >= 11 is 0. The molecule has 0 spiro atoms. The molecule has 0 aliphatic heterocycles. The largest absolute Gasteiger partial charge is 0.488 e. The highest BCUT2D eigenvalue weighted by Crippen LogP contribution is 2.01. The van der Waals surface area contributed by atoms with Gasteiger partial charge in [-0.2, -0.15) is 0 Å². The molecule has 0 amide bonds. The van der Waals surface area contributed by atoms with E-state index in [4.69, 9.17) is 15.8 Å². The van der Waals surface area contributed by atoms with Crippen LogP contribution in [0.15, 0.2) is 18.2 Å². The predicted octanol–water partition coefficient (Wildman–Crippen LogP) is -0.321. The number of hydrogen-bond acceptors (Lipinski definition) is 3. The molecule has 4 N–H and O–H groups in total. The van der Waals surface area contributed by atoms with E-state index in [-0.39, 0.29) is 12.4 Å². The zero-order valence-corrected chi connectivity index (χ0v) is 7.51. The topological polar surface area (TPSA) is 66.5 Å². The van der Waals surface area contributed by atoms with Crippen LogP contribution in [0.5, 0.6) is 0 Å². The molecule has 0 aliphatic carbocycles. The highest BCUT2D eigenvalue weighted by molar-refractivity contribution is 6.59. The maximum Gasteiger partial charge on any atom is 0.488 e. The Hall–Kier alpha value is -0.705. The van der Waals surface area contributed by atoms with Crippen LogP contribution in [0.25, 0.3) is 0 Å². The van der Waals surface area contributed by atoms with Gasteiger partial charge in [-0.1, -0.05) is 11.6 Å². The average molecular weight is 187 g/mol. The van der Waals surface area contributed by atoms with E-state index in [0.29, 0.717) is 11.2 Å². The maximum atomic E-state index is 8.83. The van der Waals surface area contributed by atoms with Gasteiger partial charge in [-0.3, -0.25) is 0 Å². The highest BCUT2D eigenvalue weighted by atomic mass is 35.5. The Bertz CT molecular complexity index is 268. The third-order valence-corrected chi connectivity index (χ3v) is 1.58. The second-order valence-corrected chi connectivity index (χ2v) is 2.49. The van der Waals surface area contributed by atoms with Crippen molar-refractivity contribution in [2.24, 2.45) is 0 Å². The van der Waals surface area contributed by atoms with Gasteiger partial charge in [0.05, 0.1) is 0 Å². The van der Waals surface area contributed by atoms with Crippen molar-refractivity contribution in [3.8, 4) is 0 Å². The zero-order valence-electron chi connectivity index (χ0n) is 6.69. The molecule has 0 saturated carbocycles. The molecular formula is C7H11BClNO2. The molecular weight excluding hydrogens is 176 g/mol. The lowest BCUT2D eigenvalue weighted by Gasteiger charge is -2.04. The molecule has 0 aliphatic rings. The number of anilines is 1. The number of nitrogens with two attached hydrogens (primary N) is 1. The van der Waals surface area contributed by atoms with E-state index in [2.05, 4.69) is 0 Å². The van der Waals surface area contributed by atoms with E-state index in [1.165, 1.54) is 0 Å². The van der Waals surface area contributed by atoms with E-state index < -0.39 is 7.12 Å². The standard InChI is InChI=1S/C7H10BNO2.ClH/c1-5-2-3-6(9)4-7(5)8(10)11;/h2-4,10-11H,9H2,1H3;1H. The quantitative estimate of drug-likeness (QED) is 0.417. The summed E-state index contributed by atoms with van der Waals surface area (Å²) in [4.78, 5) is 0. The molecule has 0 saturated heterocycles. The molecule has 0 fully saturated rings. The van der Waals surface area contributed by atoms with E-state index in [1.54, 1.807) is 25.1 Å². The summed E-state index contributed by atoms with van der Waals surface area (Å²) in [5.74, 6) is 0. The highest BCUT2D eigenvalue weighted by Gasteiger charge is 2.13. The summed E-state index contributed by atoms with van der Waals surface area (Å²) in [5, 5.41) is 17.7. The molecule has 1 rings (SSSR count). The lowest BCUT2D eigenvalue weighted by Crippen LogP contribution is -2.32. The van der Waals surface area contributed by atoms with Gasteiger partial charge in [0.1, 0.15) is 0 Å². The smallest absolute Gasteiger partial charge is 0.423 e. The van der Waals surface area contributed by atoms with Gasteiger partial charge in [-0.05, 0) is 24.5 Å². The molecule has 0 atom stereocenters. The summed E-state index contributed by atoms with van der Waals surface area (Å²) in [7, 11) is -1.43. The van der Waals surface area contributed by atoms with E-state index in [0.717, 1.165) is 5.56 Å². The van der Waals surface area contributed by atoms with Crippen LogP contribution >= 0.6 is 12.4 Å². The van der Waals surface area contributed by atoms with Crippen molar-refractivity contribution in [2.75, 3.05) is 5.73 Å². The first kappa shape index (κ1) is 11.3. The zero-order chi connectivity index (χ0) is 8.43. The molecule has 12 heavy (non-hydrogen) atoms. The van der Waals surface area contributed by atoms with Gasteiger partial charge in [0.2, 0.25) is 0 Å². The molecule has 1 aromatic rings. The average Bonchev–Trinajstić information content (AvgIpc) is 1.94. The first-order valence-corrected chi connectivity index (χ1v) is 3.33. The molecule has 0 radical (unpaired) electrons. The van der Waals surface area contributed by atoms with Gasteiger partial charge in [0.25, 0.3) is 0 Å². The van der Waals surface area contributed by atoms with Crippen molar-refractivity contribution >= 4 is 30.7 Å². The minimum absolute atomic E-state index is 0. The van der Waals surface area contributed by atoms with Crippen molar-refractivity contribution in [3.05, 3.63) is 23.8 Å². The van der Waals surface area contributed by atoms with Crippen LogP contribution in [-0.2, 0) is 0 Å². The van der Waals surface area contributed by atoms with Crippen LogP contribution in [0.4, 0.5) is 5.69 Å². The fraction of sp³-hybridized carbons (Fsp3) is 0.143. The summed E-state index contributed by atoms with van der Waals surface area (Å²) in [6, 6.07) is 5.03. The van der Waals surface area contributed by atoms with E-state index >= 15 is 0 Å². The lowest BCUT2D eigenvalue weighted by atomic mass is 9.77. The van der Waals surface area contributed by atoms with E-state index in [9.17, 15) is 0 Å². The monoisotopic (exact) mass is 187 g/mol. The number of hydrogen-bond donors (Lipinski definition) is 3. The number of halogens is 1. The third kappa shape index (κ3) is 2.41. The van der Waals surface area contributed by atoms with Crippen LogP contribution < -0.4 is 11.2 Å². The minimum atomic E-state index is -1.43. The van der Waals surface area contributed by atoms with Crippen LogP contribution in [-0.4, -0.2) is 17.2 Å². The SMILES string of the molecule is Cc1ccc(N)cc1B(O)O.Cl. The van der Waals surface area contributed by atoms with Gasteiger partial charge in [-0.15, -0.1) is 12.4 Å². The summed E-state index contributed by atoms with van der Waals surface area (Å²) in [6.07, 6.45) is 0. The van der Waals surface area contributed by atoms with Gasteiger partial charge < -0.3 is 15.8 Å². The fourth-order valence-corrected chi connectivity index (χ4v) is 0.937. The Labute approximate surface area is 77.8 Å². The first-order valence-electron chi connectivity index (χ1n) is 3.33. The summed E-state index contributed by atoms with van der Waals surface area (Å²) in [6.45, 7) is 1.80. The van der Waals surface area contributed by atoms with Gasteiger partial charge >= 0.3 is 7.12 Å². The van der Waals surface area contributed by atoms with Crippen LogP contribution in [0, 0.1) is 6.92 Å². The molecule has 0 unspecified atom stereocenters. The Morgan fingerprint density at radius 3 is 2.33 bits per heavy atom. The molecule has 0 bridgehead atoms. The molecule has 1 aromatic carbocycles. The minimum Gasteiger partial charge on any atom is -0.423 e. The van der Waals surface area contributed by atoms with Crippen LogP contribution in [0.1, 0.15) is 5.56 Å². The second-order valence-electron chi connectivity index (χ2n) is 2.49. The number of nitrogen functional groups attached to an aromatic ring is 1. The van der Waals surface area contributed by atoms with Gasteiger partial charge in [0, 0.05) is 5.69 Å². The van der Waals surface area contributed by atoms with E-state index in [1.807, 2.05) is 0 Å². The second kappa shape index (κ2) is 4.35. The molecule has 5 heteroatoms. The summed E-state index contributed by atoms with van der Waals surface area (Å²) in [5.41, 5.74) is 7.27. The number of rotatable bonds is 1. The Morgan fingerprint density at radius 2 is 1.92 bits per heavy atom. The van der Waals surface area contributed by atoms with Crippen LogP contribution in [0.3, 0.4) is 0 Å². The Balaban J connectivity index is 0.00000121. The normalized spacial score (nSPS) is 8.92. The first-order chi connectivity index (χ1) is 5.11. The third-order valence-electron chi connectivity index (χ3n) is 1.58. The van der Waals surface area contributed by atoms with Crippen molar-refractivity contribution in [3.63, 3.8) is 0 Å². The molecule has 0 aromatic heterocycles. The Morgan fingerprint density at radius 1 is 1.33 bits per heavy atom. The maximum absolute atomic E-state index is 8.83. The van der Waals surface area contributed by atoms with Gasteiger partial charge in [0.15, 0.2) is 0 Å². The fourth-order valence-electron chi connectivity index (χ4n) is 0.937. The lowest BCUT2D eigenvalue weighted by molar-refractivity contribution is 0.425. The predicted molar refractivity (Wildman–Crippen MR) is 52.7 cm³/mol. The van der Waals surface area contributed by atoms with Crippen molar-refractivity contribution in [1.29, 1.82) is 0 Å². The van der Waals surface area contributed by atoms with Crippen LogP contribution in [0.2, 0.25) is 0 Å². The van der Waals surface area contributed by atoms with Gasteiger partial charge in [-0.25, -0.2) is 0 Å². The van der Waals surface area contributed by atoms with Crippen molar-refractivity contribution < 1.29 is 10.0 Å². The summed E-state index contributed by atoms with van der Waals surface area (Å²) < 4.78 is 0. The number of aryl methyl sites for hydroxylation is 1. The molecule has 0 heterocycles. The van der Waals surface area contributed by atoms with Crippen molar-refractivity contribution in [2.45, 2.75) is 6.92 Å². The molecule has 66 valence electrons. The van der Waals surface area contributed by atoms with Crippen molar-refractivity contribution in [1.82, 2.24) is 0 Å².